The summed E-state index contributed by atoms with van der Waals surface area (Å²) in [5.41, 5.74) is 1.94. The van der Waals surface area contributed by atoms with E-state index in [-0.39, 0.29) is 11.7 Å². The lowest BCUT2D eigenvalue weighted by Gasteiger charge is -2.36. The molecular formula is C16H18BrFN4O. The van der Waals surface area contributed by atoms with Crippen LogP contribution >= 0.6 is 15.9 Å². The maximum atomic E-state index is 13.9. The highest BCUT2D eigenvalue weighted by Gasteiger charge is 2.27. The van der Waals surface area contributed by atoms with Crippen LogP contribution in [0.2, 0.25) is 0 Å². The first-order valence-electron chi connectivity index (χ1n) is 7.47. The topological polar surface area (TPSA) is 41.4 Å². The van der Waals surface area contributed by atoms with Crippen LogP contribution in [0.3, 0.4) is 0 Å². The molecule has 1 fully saturated rings. The van der Waals surface area contributed by atoms with E-state index in [1.54, 1.807) is 21.7 Å². The van der Waals surface area contributed by atoms with E-state index in [0.29, 0.717) is 37.6 Å². The predicted octanol–water partition coefficient (Wildman–Crippen LogP) is 2.59. The van der Waals surface area contributed by atoms with Crippen LogP contribution < -0.4 is 4.90 Å². The van der Waals surface area contributed by atoms with Gasteiger partial charge in [-0.1, -0.05) is 12.1 Å². The molecule has 0 atom stereocenters. The molecule has 23 heavy (non-hydrogen) atoms. The minimum atomic E-state index is -0.227. The molecule has 0 N–H and O–H groups in total. The van der Waals surface area contributed by atoms with Crippen LogP contribution in [0.1, 0.15) is 16.2 Å². The molecule has 7 heteroatoms. The average molecular weight is 381 g/mol. The van der Waals surface area contributed by atoms with Crippen molar-refractivity contribution in [1.82, 2.24) is 14.7 Å². The number of halogens is 2. The second-order valence-corrected chi connectivity index (χ2v) is 6.40. The van der Waals surface area contributed by atoms with Gasteiger partial charge < -0.3 is 9.80 Å². The van der Waals surface area contributed by atoms with Crippen LogP contribution in [0.15, 0.2) is 28.7 Å². The third kappa shape index (κ3) is 2.97. The molecule has 1 aromatic heterocycles. The smallest absolute Gasteiger partial charge is 0.275 e. The second-order valence-electron chi connectivity index (χ2n) is 5.60. The molecule has 1 saturated heterocycles. The summed E-state index contributed by atoms with van der Waals surface area (Å²) in [4.78, 5) is 16.4. The summed E-state index contributed by atoms with van der Waals surface area (Å²) >= 11 is 3.44. The lowest BCUT2D eigenvalue weighted by Crippen LogP contribution is -2.49. The lowest BCUT2D eigenvalue weighted by atomic mass is 10.2. The summed E-state index contributed by atoms with van der Waals surface area (Å²) in [7, 11) is 1.81. The Balaban J connectivity index is 1.70. The maximum absolute atomic E-state index is 13.9. The van der Waals surface area contributed by atoms with E-state index < -0.39 is 0 Å². The molecule has 1 aromatic carbocycles. The van der Waals surface area contributed by atoms with E-state index >= 15 is 0 Å². The molecule has 1 aliphatic heterocycles. The van der Waals surface area contributed by atoms with E-state index in [1.807, 2.05) is 24.9 Å². The summed E-state index contributed by atoms with van der Waals surface area (Å²) in [5.74, 6) is -0.316. The molecule has 0 bridgehead atoms. The highest BCUT2D eigenvalue weighted by molar-refractivity contribution is 9.10. The van der Waals surface area contributed by atoms with E-state index in [0.717, 1.165) is 10.2 Å². The SMILES string of the molecule is Cc1c(Br)c(C(=O)N2CCN(c3ccccc3F)CC2)nn1C. The number of rotatable bonds is 2. The summed E-state index contributed by atoms with van der Waals surface area (Å²) in [6.45, 7) is 4.22. The van der Waals surface area contributed by atoms with Crippen molar-refractivity contribution in [3.05, 3.63) is 45.9 Å². The van der Waals surface area contributed by atoms with Crippen molar-refractivity contribution in [2.24, 2.45) is 7.05 Å². The van der Waals surface area contributed by atoms with E-state index in [2.05, 4.69) is 21.0 Å². The number of nitrogens with zero attached hydrogens (tertiary/aromatic N) is 4. The Morgan fingerprint density at radius 1 is 1.22 bits per heavy atom. The molecule has 0 saturated carbocycles. The summed E-state index contributed by atoms with van der Waals surface area (Å²) < 4.78 is 16.3. The largest absolute Gasteiger partial charge is 0.366 e. The molecule has 0 aliphatic carbocycles. The molecule has 2 heterocycles. The normalized spacial score (nSPS) is 15.1. The first kappa shape index (κ1) is 16.0. The first-order chi connectivity index (χ1) is 11.0. The maximum Gasteiger partial charge on any atom is 0.275 e. The number of amides is 1. The van der Waals surface area contributed by atoms with Crippen molar-refractivity contribution in [2.45, 2.75) is 6.92 Å². The van der Waals surface area contributed by atoms with Gasteiger partial charge in [0, 0.05) is 33.2 Å². The molecule has 1 aliphatic rings. The Kier molecular flexibility index (Phi) is 4.39. The number of hydrogen-bond donors (Lipinski definition) is 0. The number of benzene rings is 1. The van der Waals surface area contributed by atoms with Gasteiger partial charge in [-0.25, -0.2) is 4.39 Å². The summed E-state index contributed by atoms with van der Waals surface area (Å²) in [5, 5.41) is 4.28. The fourth-order valence-electron chi connectivity index (χ4n) is 2.73. The highest BCUT2D eigenvalue weighted by Crippen LogP contribution is 2.24. The second kappa shape index (κ2) is 6.31. The number of piperazine rings is 1. The zero-order valence-electron chi connectivity index (χ0n) is 13.1. The number of aryl methyl sites for hydroxylation is 1. The van der Waals surface area contributed by atoms with Crippen LogP contribution in [0.25, 0.3) is 0 Å². The van der Waals surface area contributed by atoms with Gasteiger partial charge in [-0.3, -0.25) is 9.48 Å². The molecular weight excluding hydrogens is 363 g/mol. The Morgan fingerprint density at radius 2 is 1.87 bits per heavy atom. The van der Waals surface area contributed by atoms with Gasteiger partial charge in [-0.05, 0) is 35.0 Å². The van der Waals surface area contributed by atoms with Gasteiger partial charge in [-0.15, -0.1) is 0 Å². The minimum Gasteiger partial charge on any atom is -0.366 e. The van der Waals surface area contributed by atoms with Crippen molar-refractivity contribution in [2.75, 3.05) is 31.1 Å². The zero-order chi connectivity index (χ0) is 16.6. The average Bonchev–Trinajstić information content (AvgIpc) is 2.82. The fraction of sp³-hybridized carbons (Fsp3) is 0.375. The summed E-state index contributed by atoms with van der Waals surface area (Å²) in [6, 6.07) is 6.73. The lowest BCUT2D eigenvalue weighted by molar-refractivity contribution is 0.0739. The van der Waals surface area contributed by atoms with Crippen LogP contribution in [0.5, 0.6) is 0 Å². The Labute approximate surface area is 142 Å². The van der Waals surface area contributed by atoms with Gasteiger partial charge in [0.25, 0.3) is 5.91 Å². The summed E-state index contributed by atoms with van der Waals surface area (Å²) in [6.07, 6.45) is 0. The van der Waals surface area contributed by atoms with Crippen LogP contribution in [-0.2, 0) is 7.05 Å². The van der Waals surface area contributed by atoms with Gasteiger partial charge in [0.1, 0.15) is 5.82 Å². The quantitative estimate of drug-likeness (QED) is 0.803. The minimum absolute atomic E-state index is 0.0891. The van der Waals surface area contributed by atoms with E-state index in [1.165, 1.54) is 6.07 Å². The Bertz CT molecular complexity index is 738. The van der Waals surface area contributed by atoms with Crippen LogP contribution in [-0.4, -0.2) is 46.8 Å². The van der Waals surface area contributed by atoms with Gasteiger partial charge in [-0.2, -0.15) is 5.10 Å². The van der Waals surface area contributed by atoms with E-state index in [9.17, 15) is 9.18 Å². The number of anilines is 1. The molecule has 122 valence electrons. The van der Waals surface area contributed by atoms with E-state index in [4.69, 9.17) is 0 Å². The molecule has 3 rings (SSSR count). The van der Waals surface area contributed by atoms with Crippen molar-refractivity contribution >= 4 is 27.5 Å². The third-order valence-electron chi connectivity index (χ3n) is 4.22. The van der Waals surface area contributed by atoms with Crippen molar-refractivity contribution in [3.8, 4) is 0 Å². The van der Waals surface area contributed by atoms with Crippen LogP contribution in [0, 0.1) is 12.7 Å². The van der Waals surface area contributed by atoms with Crippen LogP contribution in [0.4, 0.5) is 10.1 Å². The molecule has 0 spiro atoms. The predicted molar refractivity (Wildman–Crippen MR) is 90.2 cm³/mol. The van der Waals surface area contributed by atoms with Gasteiger partial charge in [0.05, 0.1) is 15.9 Å². The molecule has 5 nitrogen and oxygen atoms in total. The van der Waals surface area contributed by atoms with Gasteiger partial charge in [0.2, 0.25) is 0 Å². The number of hydrogen-bond acceptors (Lipinski definition) is 3. The van der Waals surface area contributed by atoms with Gasteiger partial charge >= 0.3 is 0 Å². The van der Waals surface area contributed by atoms with Gasteiger partial charge in [0.15, 0.2) is 5.69 Å². The third-order valence-corrected chi connectivity index (χ3v) is 5.17. The number of carbonyl (C=O) groups excluding carboxylic acids is 1. The number of carbonyl (C=O) groups is 1. The fourth-order valence-corrected chi connectivity index (χ4v) is 3.23. The number of para-hydroxylation sites is 1. The standard InChI is InChI=1S/C16H18BrFN4O/c1-11-14(17)15(19-20(11)2)16(23)22-9-7-21(8-10-22)13-6-4-3-5-12(13)18/h3-6H,7-10H2,1-2H3. The zero-order valence-corrected chi connectivity index (χ0v) is 14.7. The molecule has 0 radical (unpaired) electrons. The number of aromatic nitrogens is 2. The van der Waals surface area contributed by atoms with Crippen molar-refractivity contribution in [3.63, 3.8) is 0 Å². The molecule has 0 unspecified atom stereocenters. The van der Waals surface area contributed by atoms with Crippen molar-refractivity contribution < 1.29 is 9.18 Å². The first-order valence-corrected chi connectivity index (χ1v) is 8.26. The Hall–Kier alpha value is -1.89. The molecule has 2 aromatic rings. The monoisotopic (exact) mass is 380 g/mol. The highest BCUT2D eigenvalue weighted by atomic mass is 79.9. The molecule has 1 amide bonds. The van der Waals surface area contributed by atoms with Crippen molar-refractivity contribution in [1.29, 1.82) is 0 Å². The Morgan fingerprint density at radius 3 is 2.43 bits per heavy atom.